The molecule has 1 saturated heterocycles. The van der Waals surface area contributed by atoms with Gasteiger partial charge in [-0.2, -0.15) is 0 Å². The molecular formula is C25H29NO5. The minimum absolute atomic E-state index is 0.0117. The van der Waals surface area contributed by atoms with Crippen LogP contribution >= 0.6 is 0 Å². The minimum Gasteiger partial charge on any atom is -0.507 e. The second kappa shape index (κ2) is 9.79. The third-order valence-electron chi connectivity index (χ3n) is 5.25. The van der Waals surface area contributed by atoms with Gasteiger partial charge < -0.3 is 19.5 Å². The maximum absolute atomic E-state index is 13.0. The molecular weight excluding hydrogens is 394 g/mol. The van der Waals surface area contributed by atoms with Crippen LogP contribution in [-0.2, 0) is 14.3 Å². The number of aliphatic hydroxyl groups is 1. The zero-order valence-electron chi connectivity index (χ0n) is 18.4. The van der Waals surface area contributed by atoms with Crippen molar-refractivity contribution in [3.63, 3.8) is 0 Å². The van der Waals surface area contributed by atoms with Crippen LogP contribution in [0.3, 0.4) is 0 Å². The van der Waals surface area contributed by atoms with Gasteiger partial charge in [-0.25, -0.2) is 0 Å². The zero-order chi connectivity index (χ0) is 22.5. The van der Waals surface area contributed by atoms with Crippen LogP contribution in [0.1, 0.15) is 43.5 Å². The van der Waals surface area contributed by atoms with E-state index in [-0.39, 0.29) is 24.0 Å². The summed E-state index contributed by atoms with van der Waals surface area (Å²) in [5, 5.41) is 11.1. The molecule has 0 saturated carbocycles. The number of rotatable bonds is 8. The lowest BCUT2D eigenvalue weighted by Crippen LogP contribution is -2.33. The number of carbonyl (C=O) groups is 2. The molecule has 6 heteroatoms. The third-order valence-corrected chi connectivity index (χ3v) is 5.25. The van der Waals surface area contributed by atoms with E-state index < -0.39 is 17.7 Å². The lowest BCUT2D eigenvalue weighted by atomic mass is 9.92. The lowest BCUT2D eigenvalue weighted by Gasteiger charge is -2.26. The number of aryl methyl sites for hydroxylation is 1. The third kappa shape index (κ3) is 4.80. The predicted octanol–water partition coefficient (Wildman–Crippen LogP) is 4.24. The van der Waals surface area contributed by atoms with Crippen molar-refractivity contribution >= 4 is 17.4 Å². The quantitative estimate of drug-likeness (QED) is 0.390. The maximum Gasteiger partial charge on any atom is 0.295 e. The molecule has 1 heterocycles. The molecule has 0 aromatic heterocycles. The van der Waals surface area contributed by atoms with Crippen molar-refractivity contribution < 1.29 is 24.2 Å². The van der Waals surface area contributed by atoms with Gasteiger partial charge in [-0.3, -0.25) is 9.59 Å². The zero-order valence-corrected chi connectivity index (χ0v) is 18.4. The van der Waals surface area contributed by atoms with Crippen LogP contribution in [0, 0.1) is 6.92 Å². The summed E-state index contributed by atoms with van der Waals surface area (Å²) in [6.07, 6.45) is 0.0117. The summed E-state index contributed by atoms with van der Waals surface area (Å²) in [5.41, 5.74) is 2.28. The second-order valence-electron chi connectivity index (χ2n) is 7.73. The van der Waals surface area contributed by atoms with Crippen LogP contribution in [-0.4, -0.2) is 47.6 Å². The second-order valence-corrected chi connectivity index (χ2v) is 7.73. The molecule has 31 heavy (non-hydrogen) atoms. The normalized spacial score (nSPS) is 18.1. The first-order valence-electron chi connectivity index (χ1n) is 10.5. The van der Waals surface area contributed by atoms with Gasteiger partial charge in [0.2, 0.25) is 0 Å². The molecule has 1 unspecified atom stereocenters. The molecule has 6 nitrogen and oxygen atoms in total. The Balaban J connectivity index is 2.07. The number of amides is 1. The average molecular weight is 424 g/mol. The molecule has 2 aromatic rings. The van der Waals surface area contributed by atoms with Gasteiger partial charge in [0, 0.05) is 12.1 Å². The van der Waals surface area contributed by atoms with E-state index in [2.05, 4.69) is 0 Å². The number of aliphatic hydroxyl groups excluding tert-OH is 1. The standard InChI is InChI=1S/C25H29NO5/c1-5-30-19-12-10-18(11-13-19)23(27)21-22(20-9-7-6-8-17(20)4)26(25(29)24(21)28)14-15-31-16(2)3/h6-13,16,22,27H,5,14-15H2,1-4H3/b23-21-. The first-order valence-corrected chi connectivity index (χ1v) is 10.5. The fourth-order valence-corrected chi connectivity index (χ4v) is 3.75. The largest absolute Gasteiger partial charge is 0.507 e. The number of ketones is 1. The monoisotopic (exact) mass is 423 g/mol. The summed E-state index contributed by atoms with van der Waals surface area (Å²) in [7, 11) is 0. The van der Waals surface area contributed by atoms with E-state index in [0.29, 0.717) is 24.5 Å². The predicted molar refractivity (Wildman–Crippen MR) is 119 cm³/mol. The average Bonchev–Trinajstić information content (AvgIpc) is 2.99. The van der Waals surface area contributed by atoms with Gasteiger partial charge in [-0.05, 0) is 63.1 Å². The van der Waals surface area contributed by atoms with Crippen molar-refractivity contribution in [1.82, 2.24) is 4.90 Å². The highest BCUT2D eigenvalue weighted by molar-refractivity contribution is 6.46. The molecule has 0 bridgehead atoms. The number of benzene rings is 2. The maximum atomic E-state index is 13.0. The smallest absolute Gasteiger partial charge is 0.295 e. The molecule has 0 spiro atoms. The topological polar surface area (TPSA) is 76.1 Å². The van der Waals surface area contributed by atoms with E-state index in [4.69, 9.17) is 9.47 Å². The van der Waals surface area contributed by atoms with Crippen LogP contribution in [0.4, 0.5) is 0 Å². The van der Waals surface area contributed by atoms with Gasteiger partial charge in [0.05, 0.1) is 30.9 Å². The van der Waals surface area contributed by atoms with Crippen LogP contribution in [0.5, 0.6) is 5.75 Å². The van der Waals surface area contributed by atoms with Gasteiger partial charge in [0.15, 0.2) is 0 Å². The van der Waals surface area contributed by atoms with Crippen molar-refractivity contribution in [3.05, 3.63) is 70.8 Å². The molecule has 0 aliphatic carbocycles. The van der Waals surface area contributed by atoms with Crippen molar-refractivity contribution in [1.29, 1.82) is 0 Å². The first-order chi connectivity index (χ1) is 14.8. The summed E-state index contributed by atoms with van der Waals surface area (Å²) in [6.45, 7) is 8.73. The molecule has 1 N–H and O–H groups in total. The van der Waals surface area contributed by atoms with E-state index >= 15 is 0 Å². The summed E-state index contributed by atoms with van der Waals surface area (Å²) < 4.78 is 11.1. The number of hydrogen-bond acceptors (Lipinski definition) is 5. The molecule has 164 valence electrons. The van der Waals surface area contributed by atoms with Crippen molar-refractivity contribution in [2.75, 3.05) is 19.8 Å². The Morgan fingerprint density at radius 3 is 2.39 bits per heavy atom. The Kier molecular flexibility index (Phi) is 7.13. The molecule has 1 aliphatic heterocycles. The fraction of sp³-hybridized carbons (Fsp3) is 0.360. The van der Waals surface area contributed by atoms with Gasteiger partial charge in [0.1, 0.15) is 11.5 Å². The fourth-order valence-electron chi connectivity index (χ4n) is 3.75. The molecule has 1 fully saturated rings. The molecule has 1 aliphatic rings. The molecule has 2 aromatic carbocycles. The Bertz CT molecular complexity index is 978. The Morgan fingerprint density at radius 1 is 1.10 bits per heavy atom. The minimum atomic E-state index is -0.691. The molecule has 3 rings (SSSR count). The lowest BCUT2D eigenvalue weighted by molar-refractivity contribution is -0.140. The SMILES string of the molecule is CCOc1ccc(/C(O)=C2/C(=O)C(=O)N(CCOC(C)C)C2c2ccccc2C)cc1. The van der Waals surface area contributed by atoms with Crippen molar-refractivity contribution in [2.24, 2.45) is 0 Å². The van der Waals surface area contributed by atoms with Crippen molar-refractivity contribution in [3.8, 4) is 5.75 Å². The Hall–Kier alpha value is -3.12. The highest BCUT2D eigenvalue weighted by Gasteiger charge is 2.46. The van der Waals surface area contributed by atoms with Gasteiger partial charge in [-0.1, -0.05) is 24.3 Å². The highest BCUT2D eigenvalue weighted by atomic mass is 16.5. The van der Waals surface area contributed by atoms with Crippen LogP contribution in [0.25, 0.3) is 5.76 Å². The van der Waals surface area contributed by atoms with E-state index in [9.17, 15) is 14.7 Å². The number of Topliss-reactive ketones (excluding diaryl/α,β-unsaturated/α-hetero) is 1. The Morgan fingerprint density at radius 2 is 1.77 bits per heavy atom. The number of likely N-dealkylation sites (tertiary alicyclic amines) is 1. The van der Waals surface area contributed by atoms with Crippen LogP contribution in [0.15, 0.2) is 54.1 Å². The van der Waals surface area contributed by atoms with Crippen LogP contribution < -0.4 is 4.74 Å². The number of hydrogen-bond donors (Lipinski definition) is 1. The number of nitrogens with zero attached hydrogens (tertiary/aromatic N) is 1. The summed E-state index contributed by atoms with van der Waals surface area (Å²) in [5.74, 6) is -0.847. The Labute approximate surface area is 183 Å². The molecule has 0 radical (unpaired) electrons. The van der Waals surface area contributed by atoms with E-state index in [0.717, 1.165) is 11.1 Å². The highest BCUT2D eigenvalue weighted by Crippen LogP contribution is 2.40. The van der Waals surface area contributed by atoms with Gasteiger partial charge in [0.25, 0.3) is 11.7 Å². The van der Waals surface area contributed by atoms with E-state index in [1.807, 2.05) is 52.0 Å². The van der Waals surface area contributed by atoms with Crippen molar-refractivity contribution in [2.45, 2.75) is 39.8 Å². The first kappa shape index (κ1) is 22.6. The van der Waals surface area contributed by atoms with Crippen LogP contribution in [0.2, 0.25) is 0 Å². The van der Waals surface area contributed by atoms with Gasteiger partial charge >= 0.3 is 0 Å². The van der Waals surface area contributed by atoms with E-state index in [1.54, 1.807) is 24.3 Å². The van der Waals surface area contributed by atoms with Gasteiger partial charge in [-0.15, -0.1) is 0 Å². The van der Waals surface area contributed by atoms with E-state index in [1.165, 1.54) is 4.90 Å². The summed E-state index contributed by atoms with van der Waals surface area (Å²) >= 11 is 0. The number of carbonyl (C=O) groups excluding carboxylic acids is 2. The molecule has 1 amide bonds. The summed E-state index contributed by atoms with van der Waals surface area (Å²) in [6, 6.07) is 13.7. The number of ether oxygens (including phenoxy) is 2. The summed E-state index contributed by atoms with van der Waals surface area (Å²) in [4.78, 5) is 27.4. The molecule has 1 atom stereocenters.